The molecule has 3 N–H and O–H groups in total. The first kappa shape index (κ1) is 96.1. The highest BCUT2D eigenvalue weighted by Gasteiger charge is 2.30. The number of phosphoric ester groups is 2. The second kappa shape index (κ2) is 70.7. The monoisotopic (exact) mass is 1440 g/mol. The number of phosphoric acid groups is 2. The second-order valence-electron chi connectivity index (χ2n) is 29.2. The van der Waals surface area contributed by atoms with Crippen LogP contribution in [0.1, 0.15) is 414 Å². The summed E-state index contributed by atoms with van der Waals surface area (Å²) in [5.74, 6) is -0.474. The minimum Gasteiger partial charge on any atom is -0.462 e. The van der Waals surface area contributed by atoms with Crippen molar-refractivity contribution in [1.29, 1.82) is 0 Å². The minimum atomic E-state index is -4.96. The number of hydrogen-bond donors (Lipinski definition) is 3. The summed E-state index contributed by atoms with van der Waals surface area (Å²) >= 11 is 0. The molecule has 0 fully saturated rings. The van der Waals surface area contributed by atoms with Gasteiger partial charge in [-0.1, -0.05) is 363 Å². The molecule has 0 bridgehead atoms. The fourth-order valence-corrected chi connectivity index (χ4v) is 13.7. The van der Waals surface area contributed by atoms with Crippen molar-refractivity contribution in [2.75, 3.05) is 39.6 Å². The molecule has 0 aliphatic carbocycles. The largest absolute Gasteiger partial charge is 0.472 e. The number of carbonyl (C=O) groups is 4. The molecule has 0 aliphatic heterocycles. The molecule has 0 saturated carbocycles. The zero-order valence-corrected chi connectivity index (χ0v) is 65.9. The predicted molar refractivity (Wildman–Crippen MR) is 400 cm³/mol. The molecule has 0 amide bonds. The molecular weight excluding hydrogens is 1280 g/mol. The van der Waals surface area contributed by atoms with E-state index in [4.69, 9.17) is 37.0 Å². The predicted octanol–water partition coefficient (Wildman–Crippen LogP) is 23.5. The summed E-state index contributed by atoms with van der Waals surface area (Å²) in [7, 11) is -9.91. The van der Waals surface area contributed by atoms with Gasteiger partial charge in [-0.05, 0) is 37.5 Å². The van der Waals surface area contributed by atoms with E-state index in [-0.39, 0.29) is 25.7 Å². The van der Waals surface area contributed by atoms with Gasteiger partial charge in [-0.15, -0.1) is 0 Å². The van der Waals surface area contributed by atoms with Crippen LogP contribution in [0.3, 0.4) is 0 Å². The summed E-state index contributed by atoms with van der Waals surface area (Å²) in [6.07, 6.45) is 60.1. The maximum Gasteiger partial charge on any atom is 0.472 e. The minimum absolute atomic E-state index is 0.106. The van der Waals surface area contributed by atoms with Crippen LogP contribution in [0.15, 0.2) is 0 Å². The van der Waals surface area contributed by atoms with Crippen LogP contribution >= 0.6 is 15.6 Å². The topological polar surface area (TPSA) is 237 Å². The van der Waals surface area contributed by atoms with Gasteiger partial charge in [0.05, 0.1) is 26.4 Å². The molecule has 0 aromatic heterocycles. The van der Waals surface area contributed by atoms with Crippen LogP contribution in [0.2, 0.25) is 0 Å². The van der Waals surface area contributed by atoms with Gasteiger partial charge in [0.2, 0.25) is 0 Å². The number of unbranched alkanes of at least 4 members (excludes halogenated alkanes) is 47. The first-order valence-corrected chi connectivity index (χ1v) is 44.0. The fraction of sp³-hybridized carbons (Fsp3) is 0.949. The third-order valence-electron chi connectivity index (χ3n) is 18.8. The van der Waals surface area contributed by atoms with Gasteiger partial charge in [-0.2, -0.15) is 0 Å². The number of aliphatic hydroxyl groups is 1. The van der Waals surface area contributed by atoms with Crippen LogP contribution in [0, 0.1) is 11.8 Å². The van der Waals surface area contributed by atoms with E-state index in [1.807, 2.05) is 0 Å². The zero-order chi connectivity index (χ0) is 72.1. The van der Waals surface area contributed by atoms with Crippen molar-refractivity contribution in [3.8, 4) is 0 Å². The van der Waals surface area contributed by atoms with E-state index >= 15 is 0 Å². The molecule has 98 heavy (non-hydrogen) atoms. The van der Waals surface area contributed by atoms with Crippen LogP contribution in [0.4, 0.5) is 0 Å². The standard InChI is InChI=1S/C79H154O17P2/c1-7-10-12-14-15-16-17-18-19-25-28-34-39-44-50-56-62-77(82)90-68-75(96-79(84)64-57-51-45-40-35-29-26-23-21-20-22-24-27-33-38-43-49-54-60-72(6)9-3)70-94-98(87,88)92-66-73(80)65-91-97(85,86)93-69-74(67-89-76(81)61-55-47-13-11-8-2)95-78(83)63-58-52-46-41-36-31-30-32-37-42-48-53-59-71(4)5/h71-75,80H,7-70H2,1-6H3,(H,85,86)(H,87,88)/t72?,73-,74+,75+/m0/s1. The third kappa shape index (κ3) is 71.1. The lowest BCUT2D eigenvalue weighted by Gasteiger charge is -2.21. The average molecular weight is 1440 g/mol. The van der Waals surface area contributed by atoms with Gasteiger partial charge in [-0.25, -0.2) is 9.13 Å². The molecule has 19 heteroatoms. The van der Waals surface area contributed by atoms with Gasteiger partial charge >= 0.3 is 39.5 Å². The summed E-state index contributed by atoms with van der Waals surface area (Å²) in [4.78, 5) is 72.6. The molecule has 0 aromatic carbocycles. The Kier molecular flexibility index (Phi) is 69.3. The van der Waals surface area contributed by atoms with Crippen molar-refractivity contribution in [3.05, 3.63) is 0 Å². The highest BCUT2D eigenvalue weighted by Crippen LogP contribution is 2.45. The van der Waals surface area contributed by atoms with E-state index in [1.165, 1.54) is 225 Å². The molecule has 6 atom stereocenters. The third-order valence-corrected chi connectivity index (χ3v) is 20.7. The van der Waals surface area contributed by atoms with E-state index in [2.05, 4.69) is 41.5 Å². The molecule has 0 aromatic rings. The van der Waals surface area contributed by atoms with Crippen LogP contribution in [0.5, 0.6) is 0 Å². The Labute approximate surface area is 600 Å². The van der Waals surface area contributed by atoms with Gasteiger partial charge in [-0.3, -0.25) is 37.3 Å². The first-order chi connectivity index (χ1) is 47.4. The summed E-state index contributed by atoms with van der Waals surface area (Å²) < 4.78 is 68.4. The average Bonchev–Trinajstić information content (AvgIpc) is 1.85. The Morgan fingerprint density at radius 1 is 0.296 bits per heavy atom. The van der Waals surface area contributed by atoms with Crippen molar-refractivity contribution in [2.45, 2.75) is 432 Å². The summed E-state index contributed by atoms with van der Waals surface area (Å²) in [5.41, 5.74) is 0. The van der Waals surface area contributed by atoms with E-state index < -0.39 is 97.5 Å². The summed E-state index contributed by atoms with van der Waals surface area (Å²) in [6.45, 7) is 9.61. The quantitative estimate of drug-likeness (QED) is 0.0222. The lowest BCUT2D eigenvalue weighted by molar-refractivity contribution is -0.161. The molecular formula is C79H154O17P2. The first-order valence-electron chi connectivity index (χ1n) is 41.0. The highest BCUT2D eigenvalue weighted by atomic mass is 31.2. The fourth-order valence-electron chi connectivity index (χ4n) is 12.2. The smallest absolute Gasteiger partial charge is 0.462 e. The maximum atomic E-state index is 13.1. The molecule has 17 nitrogen and oxygen atoms in total. The van der Waals surface area contributed by atoms with Crippen molar-refractivity contribution < 1.29 is 80.2 Å². The Bertz CT molecular complexity index is 1890. The van der Waals surface area contributed by atoms with Gasteiger partial charge in [0.1, 0.15) is 19.3 Å². The zero-order valence-electron chi connectivity index (χ0n) is 64.1. The Morgan fingerprint density at radius 2 is 0.520 bits per heavy atom. The van der Waals surface area contributed by atoms with E-state index in [1.54, 1.807) is 0 Å². The van der Waals surface area contributed by atoms with Gasteiger partial charge in [0.25, 0.3) is 0 Å². The second-order valence-corrected chi connectivity index (χ2v) is 32.1. The number of hydrogen-bond acceptors (Lipinski definition) is 15. The van der Waals surface area contributed by atoms with E-state index in [0.29, 0.717) is 25.7 Å². The summed E-state index contributed by atoms with van der Waals surface area (Å²) in [5, 5.41) is 10.6. The van der Waals surface area contributed by atoms with Crippen LogP contribution in [0.25, 0.3) is 0 Å². The molecule has 0 rings (SSSR count). The van der Waals surface area contributed by atoms with Gasteiger partial charge < -0.3 is 33.8 Å². The number of carbonyl (C=O) groups excluding carboxylic acids is 4. The van der Waals surface area contributed by atoms with Crippen molar-refractivity contribution in [1.82, 2.24) is 0 Å². The van der Waals surface area contributed by atoms with Crippen molar-refractivity contribution >= 4 is 39.5 Å². The molecule has 582 valence electrons. The van der Waals surface area contributed by atoms with Gasteiger partial charge in [0, 0.05) is 25.7 Å². The lowest BCUT2D eigenvalue weighted by atomic mass is 9.99. The van der Waals surface area contributed by atoms with E-state index in [9.17, 15) is 43.2 Å². The molecule has 3 unspecified atom stereocenters. The number of rotatable bonds is 78. The van der Waals surface area contributed by atoms with E-state index in [0.717, 1.165) is 108 Å². The van der Waals surface area contributed by atoms with Crippen molar-refractivity contribution in [3.63, 3.8) is 0 Å². The highest BCUT2D eigenvalue weighted by molar-refractivity contribution is 7.47. The number of ether oxygens (including phenoxy) is 4. The molecule has 0 saturated heterocycles. The Hall–Kier alpha value is -1.94. The Morgan fingerprint density at radius 3 is 0.776 bits per heavy atom. The lowest BCUT2D eigenvalue weighted by Crippen LogP contribution is -2.30. The normalized spacial score (nSPS) is 14.2. The van der Waals surface area contributed by atoms with Crippen LogP contribution in [-0.2, 0) is 65.4 Å². The molecule has 0 heterocycles. The maximum absolute atomic E-state index is 13.1. The Balaban J connectivity index is 5.11. The number of esters is 4. The van der Waals surface area contributed by atoms with Crippen molar-refractivity contribution in [2.24, 2.45) is 11.8 Å². The van der Waals surface area contributed by atoms with Crippen LogP contribution in [-0.4, -0.2) is 96.7 Å². The summed E-state index contributed by atoms with van der Waals surface area (Å²) in [6, 6.07) is 0. The molecule has 0 radical (unpaired) electrons. The van der Waals surface area contributed by atoms with Crippen LogP contribution < -0.4 is 0 Å². The molecule has 0 aliphatic rings. The SMILES string of the molecule is CCCCCCCCCCCCCCCCCCC(=O)OC[C@H](COP(=O)(O)OC[C@@H](O)COP(=O)(O)OC[C@@H](COC(=O)CCCCCCC)OC(=O)CCCCCCCCCCCCCCC(C)C)OC(=O)CCCCCCCCCCCCCCCCCCCCC(C)CC. The molecule has 0 spiro atoms. The number of aliphatic hydroxyl groups excluding tert-OH is 1. The van der Waals surface area contributed by atoms with Gasteiger partial charge in [0.15, 0.2) is 12.2 Å².